The SMILES string of the molecule is CO.COC(=O)c1cc(N)c(-c2csc(C)[nH+]2)s1. The lowest BCUT2D eigenvalue weighted by Gasteiger charge is -1.90. The average molecular weight is 287 g/mol. The van der Waals surface area contributed by atoms with Gasteiger partial charge in [0, 0.05) is 14.0 Å². The number of nitrogen functional groups attached to an aromatic ring is 1. The van der Waals surface area contributed by atoms with Crippen LogP contribution in [-0.2, 0) is 4.74 Å². The lowest BCUT2D eigenvalue weighted by molar-refractivity contribution is -0.366. The molecule has 4 N–H and O–H groups in total. The predicted molar refractivity (Wildman–Crippen MR) is 72.8 cm³/mol. The van der Waals surface area contributed by atoms with Crippen molar-refractivity contribution in [1.29, 1.82) is 0 Å². The van der Waals surface area contributed by atoms with E-state index in [1.54, 1.807) is 17.4 Å². The van der Waals surface area contributed by atoms with Crippen molar-refractivity contribution < 1.29 is 19.6 Å². The monoisotopic (exact) mass is 287 g/mol. The highest BCUT2D eigenvalue weighted by Gasteiger charge is 2.19. The Balaban J connectivity index is 0.000000771. The van der Waals surface area contributed by atoms with Gasteiger partial charge in [-0.2, -0.15) is 4.98 Å². The van der Waals surface area contributed by atoms with Crippen LogP contribution in [-0.4, -0.2) is 25.3 Å². The zero-order valence-corrected chi connectivity index (χ0v) is 11.9. The highest BCUT2D eigenvalue weighted by Crippen LogP contribution is 2.33. The summed E-state index contributed by atoms with van der Waals surface area (Å²) in [7, 11) is 2.36. The van der Waals surface area contributed by atoms with Gasteiger partial charge in [-0.15, -0.1) is 11.3 Å². The van der Waals surface area contributed by atoms with Gasteiger partial charge in [0.05, 0.1) is 18.2 Å². The standard InChI is InChI=1S/C10H10N2O2S2.CH4O/c1-5-12-7(4-15-5)9-6(11)3-8(16-9)10(13)14-2;1-2/h3-4H,11H2,1-2H3;2H,1H3/p+1. The molecule has 7 heteroatoms. The van der Waals surface area contributed by atoms with Crippen LogP contribution in [0.3, 0.4) is 0 Å². The maximum absolute atomic E-state index is 11.3. The fourth-order valence-electron chi connectivity index (χ4n) is 1.32. The number of thiazole rings is 1. The van der Waals surface area contributed by atoms with Gasteiger partial charge in [-0.1, -0.05) is 11.3 Å². The minimum atomic E-state index is -0.352. The van der Waals surface area contributed by atoms with Crippen molar-refractivity contribution in [3.8, 4) is 10.6 Å². The number of methoxy groups -OCH3 is 1. The number of rotatable bonds is 2. The Morgan fingerprint density at radius 3 is 2.67 bits per heavy atom. The summed E-state index contributed by atoms with van der Waals surface area (Å²) in [5, 5.41) is 10.1. The van der Waals surface area contributed by atoms with E-state index in [1.807, 2.05) is 12.3 Å². The van der Waals surface area contributed by atoms with E-state index in [-0.39, 0.29) is 5.97 Å². The molecular weight excluding hydrogens is 272 g/mol. The van der Waals surface area contributed by atoms with Gasteiger partial charge in [-0.3, -0.25) is 0 Å². The Kier molecular flexibility index (Phi) is 5.26. The highest BCUT2D eigenvalue weighted by atomic mass is 32.1. The third-order valence-electron chi connectivity index (χ3n) is 2.06. The molecule has 0 radical (unpaired) electrons. The average Bonchev–Trinajstić information content (AvgIpc) is 2.97. The van der Waals surface area contributed by atoms with Crippen LogP contribution in [0.4, 0.5) is 5.69 Å². The smallest absolute Gasteiger partial charge is 0.348 e. The number of aromatic nitrogens is 1. The van der Waals surface area contributed by atoms with Crippen molar-refractivity contribution in [3.63, 3.8) is 0 Å². The van der Waals surface area contributed by atoms with Crippen LogP contribution in [0.5, 0.6) is 0 Å². The number of aliphatic hydroxyl groups is 1. The number of hydrogen-bond acceptors (Lipinski definition) is 6. The molecule has 0 atom stereocenters. The molecule has 2 aromatic rings. The Labute approximate surface area is 113 Å². The second-order valence-electron chi connectivity index (χ2n) is 3.22. The van der Waals surface area contributed by atoms with Gasteiger partial charge in [0.1, 0.15) is 9.75 Å². The summed E-state index contributed by atoms with van der Waals surface area (Å²) in [5.74, 6) is -0.352. The minimum Gasteiger partial charge on any atom is -0.465 e. The molecule has 0 aliphatic carbocycles. The number of aliphatic hydroxyl groups excluding tert-OH is 1. The van der Waals surface area contributed by atoms with Crippen molar-refractivity contribution in [2.75, 3.05) is 20.0 Å². The molecule has 0 saturated carbocycles. The van der Waals surface area contributed by atoms with Crippen molar-refractivity contribution >= 4 is 34.3 Å². The Morgan fingerprint density at radius 1 is 1.50 bits per heavy atom. The number of thiophene rings is 1. The Morgan fingerprint density at radius 2 is 2.17 bits per heavy atom. The number of carbonyl (C=O) groups is 1. The van der Waals surface area contributed by atoms with Crippen LogP contribution in [0.15, 0.2) is 11.4 Å². The van der Waals surface area contributed by atoms with E-state index in [0.717, 1.165) is 22.7 Å². The van der Waals surface area contributed by atoms with Gasteiger partial charge in [0.15, 0.2) is 0 Å². The van der Waals surface area contributed by atoms with Crippen LogP contribution < -0.4 is 10.7 Å². The first-order chi connectivity index (χ1) is 8.61. The molecule has 0 fully saturated rings. The van der Waals surface area contributed by atoms with Gasteiger partial charge in [-0.25, -0.2) is 4.79 Å². The van der Waals surface area contributed by atoms with E-state index in [2.05, 4.69) is 9.72 Å². The summed E-state index contributed by atoms with van der Waals surface area (Å²) in [6.07, 6.45) is 0. The number of aryl methyl sites for hydroxylation is 1. The zero-order chi connectivity index (χ0) is 13.7. The molecule has 18 heavy (non-hydrogen) atoms. The summed E-state index contributed by atoms with van der Waals surface area (Å²) in [5.41, 5.74) is 7.40. The highest BCUT2D eigenvalue weighted by molar-refractivity contribution is 7.18. The van der Waals surface area contributed by atoms with Crippen LogP contribution >= 0.6 is 22.7 Å². The first-order valence-corrected chi connectivity index (χ1v) is 6.71. The van der Waals surface area contributed by atoms with E-state index in [1.165, 1.54) is 18.4 Å². The maximum atomic E-state index is 11.3. The molecule has 0 saturated heterocycles. The van der Waals surface area contributed by atoms with E-state index >= 15 is 0 Å². The van der Waals surface area contributed by atoms with Crippen LogP contribution in [0.1, 0.15) is 14.7 Å². The number of anilines is 1. The summed E-state index contributed by atoms with van der Waals surface area (Å²) >= 11 is 2.95. The normalized spacial score (nSPS) is 9.56. The van der Waals surface area contributed by atoms with Crippen molar-refractivity contribution in [1.82, 2.24) is 0 Å². The quantitative estimate of drug-likeness (QED) is 0.821. The topological polar surface area (TPSA) is 86.7 Å². The number of ether oxygens (including phenoxy) is 1. The molecule has 0 aliphatic rings. The van der Waals surface area contributed by atoms with Crippen molar-refractivity contribution in [2.24, 2.45) is 0 Å². The third kappa shape index (κ3) is 3.06. The predicted octanol–water partition coefficient (Wildman–Crippen LogP) is 1.58. The minimum absolute atomic E-state index is 0.352. The number of nitrogens with two attached hydrogens (primary N) is 1. The number of esters is 1. The fourth-order valence-corrected chi connectivity index (χ4v) is 3.01. The van der Waals surface area contributed by atoms with Gasteiger partial charge in [0.25, 0.3) is 0 Å². The summed E-state index contributed by atoms with van der Waals surface area (Å²) in [6.45, 7) is 1.99. The molecule has 98 valence electrons. The number of hydrogen-bond donors (Lipinski definition) is 2. The number of nitrogens with one attached hydrogen (secondary N) is 1. The van der Waals surface area contributed by atoms with Gasteiger partial charge in [-0.05, 0) is 6.07 Å². The number of carbonyl (C=O) groups excluding carboxylic acids is 1. The fraction of sp³-hybridized carbons (Fsp3) is 0.273. The summed E-state index contributed by atoms with van der Waals surface area (Å²) < 4.78 is 4.65. The number of aromatic amines is 1. The van der Waals surface area contributed by atoms with Gasteiger partial charge in [0.2, 0.25) is 10.7 Å². The van der Waals surface area contributed by atoms with E-state index < -0.39 is 0 Å². The first kappa shape index (κ1) is 14.6. The zero-order valence-electron chi connectivity index (χ0n) is 10.3. The molecule has 0 aliphatic heterocycles. The van der Waals surface area contributed by atoms with Crippen LogP contribution in [0.2, 0.25) is 0 Å². The second-order valence-corrected chi connectivity index (χ2v) is 5.35. The molecule has 2 heterocycles. The molecular formula is C11H15N2O3S2+. The summed E-state index contributed by atoms with van der Waals surface area (Å²) in [4.78, 5) is 15.9. The molecule has 5 nitrogen and oxygen atoms in total. The molecule has 2 aromatic heterocycles. The first-order valence-electron chi connectivity index (χ1n) is 5.02. The van der Waals surface area contributed by atoms with E-state index in [0.29, 0.717) is 10.6 Å². The maximum Gasteiger partial charge on any atom is 0.348 e. The third-order valence-corrected chi connectivity index (χ3v) is 4.03. The molecule has 0 bridgehead atoms. The Hall–Kier alpha value is -1.44. The Bertz CT molecular complexity index is 534. The molecule has 0 spiro atoms. The molecule has 0 amide bonds. The van der Waals surface area contributed by atoms with Crippen molar-refractivity contribution in [3.05, 3.63) is 21.3 Å². The van der Waals surface area contributed by atoms with E-state index in [4.69, 9.17) is 10.8 Å². The lowest BCUT2D eigenvalue weighted by atomic mass is 10.3. The van der Waals surface area contributed by atoms with Gasteiger partial charge >= 0.3 is 5.97 Å². The second kappa shape index (κ2) is 6.48. The number of H-pyrrole nitrogens is 1. The van der Waals surface area contributed by atoms with Crippen LogP contribution in [0.25, 0.3) is 10.6 Å². The van der Waals surface area contributed by atoms with E-state index in [9.17, 15) is 4.79 Å². The lowest BCUT2D eigenvalue weighted by Crippen LogP contribution is -2.03. The summed E-state index contributed by atoms with van der Waals surface area (Å²) in [6, 6.07) is 1.65. The largest absolute Gasteiger partial charge is 0.465 e. The van der Waals surface area contributed by atoms with Gasteiger partial charge < -0.3 is 15.6 Å². The van der Waals surface area contributed by atoms with Crippen molar-refractivity contribution in [2.45, 2.75) is 6.92 Å². The van der Waals surface area contributed by atoms with Crippen LogP contribution in [0, 0.1) is 6.92 Å². The molecule has 0 unspecified atom stereocenters. The molecule has 2 rings (SSSR count). The molecule has 0 aromatic carbocycles.